The third kappa shape index (κ3) is 4.35. The molecule has 2 heterocycles. The lowest BCUT2D eigenvalue weighted by Gasteiger charge is -2.23. The van der Waals surface area contributed by atoms with E-state index in [-0.39, 0.29) is 17.7 Å². The van der Waals surface area contributed by atoms with E-state index in [1.54, 1.807) is 0 Å². The summed E-state index contributed by atoms with van der Waals surface area (Å²) in [5.41, 5.74) is 1.26. The van der Waals surface area contributed by atoms with E-state index < -0.39 is 0 Å². The fourth-order valence-corrected chi connectivity index (χ4v) is 4.73. The number of aromatic nitrogens is 2. The van der Waals surface area contributed by atoms with E-state index in [0.717, 1.165) is 30.7 Å². The van der Waals surface area contributed by atoms with E-state index in [4.69, 9.17) is 0 Å². The SMILES string of the molecule is O=C(Nc1nnc(CCc2ccccc2)s1)[C@@H]1CC(=O)N(C2CCCC2)C1. The maximum absolute atomic E-state index is 12.6. The molecule has 2 aromatic rings. The van der Waals surface area contributed by atoms with Crippen LogP contribution in [-0.4, -0.2) is 39.5 Å². The average Bonchev–Trinajstić information content (AvgIpc) is 3.41. The molecule has 4 rings (SSSR count). The van der Waals surface area contributed by atoms with Gasteiger partial charge in [0.1, 0.15) is 5.01 Å². The molecule has 1 aliphatic heterocycles. The van der Waals surface area contributed by atoms with Crippen LogP contribution in [0.2, 0.25) is 0 Å². The molecule has 27 heavy (non-hydrogen) atoms. The van der Waals surface area contributed by atoms with Crippen molar-refractivity contribution in [1.82, 2.24) is 15.1 Å². The Balaban J connectivity index is 1.29. The minimum absolute atomic E-state index is 0.114. The van der Waals surface area contributed by atoms with Crippen molar-refractivity contribution in [2.75, 3.05) is 11.9 Å². The van der Waals surface area contributed by atoms with Gasteiger partial charge in [-0.05, 0) is 24.8 Å². The molecule has 1 N–H and O–H groups in total. The van der Waals surface area contributed by atoms with Crippen LogP contribution in [-0.2, 0) is 22.4 Å². The van der Waals surface area contributed by atoms with Crippen molar-refractivity contribution in [3.63, 3.8) is 0 Å². The van der Waals surface area contributed by atoms with Gasteiger partial charge in [-0.1, -0.05) is 54.5 Å². The van der Waals surface area contributed by atoms with Crippen LogP contribution < -0.4 is 5.32 Å². The van der Waals surface area contributed by atoms with Gasteiger partial charge in [-0.3, -0.25) is 9.59 Å². The normalized spacial score (nSPS) is 20.4. The van der Waals surface area contributed by atoms with Crippen molar-refractivity contribution in [3.8, 4) is 0 Å². The van der Waals surface area contributed by atoms with Crippen LogP contribution in [0.1, 0.15) is 42.7 Å². The van der Waals surface area contributed by atoms with Crippen LogP contribution in [0.3, 0.4) is 0 Å². The zero-order valence-electron chi connectivity index (χ0n) is 15.3. The number of nitrogens with one attached hydrogen (secondary N) is 1. The summed E-state index contributed by atoms with van der Waals surface area (Å²) in [4.78, 5) is 26.8. The summed E-state index contributed by atoms with van der Waals surface area (Å²) in [5, 5.41) is 12.6. The van der Waals surface area contributed by atoms with Crippen molar-refractivity contribution in [2.24, 2.45) is 5.92 Å². The van der Waals surface area contributed by atoms with E-state index >= 15 is 0 Å². The molecule has 142 valence electrons. The lowest BCUT2D eigenvalue weighted by molar-refractivity contribution is -0.129. The second kappa shape index (κ2) is 8.17. The van der Waals surface area contributed by atoms with E-state index in [9.17, 15) is 9.59 Å². The van der Waals surface area contributed by atoms with Gasteiger partial charge in [-0.2, -0.15) is 0 Å². The predicted octanol–water partition coefficient (Wildman–Crippen LogP) is 3.05. The van der Waals surface area contributed by atoms with Gasteiger partial charge in [-0.15, -0.1) is 10.2 Å². The van der Waals surface area contributed by atoms with Crippen LogP contribution in [0.25, 0.3) is 0 Å². The van der Waals surface area contributed by atoms with E-state index in [0.29, 0.717) is 24.1 Å². The minimum atomic E-state index is -0.283. The number of hydrogen-bond acceptors (Lipinski definition) is 5. The Morgan fingerprint density at radius 3 is 2.70 bits per heavy atom. The Morgan fingerprint density at radius 1 is 1.15 bits per heavy atom. The van der Waals surface area contributed by atoms with Gasteiger partial charge in [0, 0.05) is 25.4 Å². The summed E-state index contributed by atoms with van der Waals surface area (Å²) in [7, 11) is 0. The van der Waals surface area contributed by atoms with Crippen molar-refractivity contribution in [2.45, 2.75) is 51.0 Å². The van der Waals surface area contributed by atoms with Crippen LogP contribution in [0.5, 0.6) is 0 Å². The van der Waals surface area contributed by atoms with Gasteiger partial charge >= 0.3 is 0 Å². The molecule has 1 aromatic heterocycles. The summed E-state index contributed by atoms with van der Waals surface area (Å²) >= 11 is 1.41. The second-order valence-corrected chi connectivity index (χ2v) is 8.42. The summed E-state index contributed by atoms with van der Waals surface area (Å²) in [6, 6.07) is 10.6. The van der Waals surface area contributed by atoms with Gasteiger partial charge in [0.2, 0.25) is 16.9 Å². The highest BCUT2D eigenvalue weighted by Crippen LogP contribution is 2.30. The zero-order valence-corrected chi connectivity index (χ0v) is 16.1. The molecule has 1 saturated carbocycles. The number of aryl methyl sites for hydroxylation is 2. The molecule has 0 bridgehead atoms. The van der Waals surface area contributed by atoms with Crippen molar-refractivity contribution >= 4 is 28.3 Å². The molecule has 0 radical (unpaired) electrons. The lowest BCUT2D eigenvalue weighted by atomic mass is 10.1. The first-order chi connectivity index (χ1) is 13.2. The maximum Gasteiger partial charge on any atom is 0.231 e. The molecular weight excluding hydrogens is 360 g/mol. The fourth-order valence-electron chi connectivity index (χ4n) is 3.98. The highest BCUT2D eigenvalue weighted by Gasteiger charge is 2.38. The van der Waals surface area contributed by atoms with Crippen LogP contribution >= 0.6 is 11.3 Å². The van der Waals surface area contributed by atoms with Gasteiger partial charge in [0.15, 0.2) is 0 Å². The Bertz CT molecular complexity index is 801. The summed E-state index contributed by atoms with van der Waals surface area (Å²) in [6.07, 6.45) is 6.51. The molecule has 0 spiro atoms. The van der Waals surface area contributed by atoms with Gasteiger partial charge < -0.3 is 10.2 Å². The largest absolute Gasteiger partial charge is 0.339 e. The molecule has 1 aromatic carbocycles. The van der Waals surface area contributed by atoms with E-state index in [1.807, 2.05) is 23.1 Å². The van der Waals surface area contributed by atoms with E-state index in [1.165, 1.54) is 29.7 Å². The molecular formula is C20H24N4O2S. The fraction of sp³-hybridized carbons (Fsp3) is 0.500. The predicted molar refractivity (Wildman–Crippen MR) is 104 cm³/mol. The van der Waals surface area contributed by atoms with Gasteiger partial charge in [0.05, 0.1) is 5.92 Å². The number of amides is 2. The summed E-state index contributed by atoms with van der Waals surface area (Å²) in [6.45, 7) is 0.537. The maximum atomic E-state index is 12.6. The number of carbonyl (C=O) groups excluding carboxylic acids is 2. The summed E-state index contributed by atoms with van der Waals surface area (Å²) in [5.74, 6) is -0.285. The standard InChI is InChI=1S/C20H24N4O2S/c25-18-12-15(13-24(18)16-8-4-5-9-16)19(26)21-20-23-22-17(27-20)11-10-14-6-2-1-3-7-14/h1-3,6-7,15-16H,4-5,8-13H2,(H,21,23,26)/t15-/m1/s1. The molecule has 2 aliphatic rings. The highest BCUT2D eigenvalue weighted by molar-refractivity contribution is 7.15. The zero-order chi connectivity index (χ0) is 18.6. The first-order valence-electron chi connectivity index (χ1n) is 9.65. The monoisotopic (exact) mass is 384 g/mol. The number of benzene rings is 1. The lowest BCUT2D eigenvalue weighted by Crippen LogP contribution is -2.35. The Hall–Kier alpha value is -2.28. The van der Waals surface area contributed by atoms with Crippen LogP contribution in [0.4, 0.5) is 5.13 Å². The minimum Gasteiger partial charge on any atom is -0.339 e. The highest BCUT2D eigenvalue weighted by atomic mass is 32.1. The summed E-state index contributed by atoms with van der Waals surface area (Å²) < 4.78 is 0. The number of hydrogen-bond donors (Lipinski definition) is 1. The van der Waals surface area contributed by atoms with Gasteiger partial charge in [-0.25, -0.2) is 0 Å². The van der Waals surface area contributed by atoms with Crippen molar-refractivity contribution < 1.29 is 9.59 Å². The molecule has 2 amide bonds. The number of likely N-dealkylation sites (tertiary alicyclic amines) is 1. The molecule has 1 atom stereocenters. The Labute approximate surface area is 163 Å². The topological polar surface area (TPSA) is 75.2 Å². The third-order valence-corrected chi connectivity index (χ3v) is 6.36. The molecule has 7 heteroatoms. The molecule has 0 unspecified atom stereocenters. The second-order valence-electron chi connectivity index (χ2n) is 7.36. The van der Waals surface area contributed by atoms with Gasteiger partial charge in [0.25, 0.3) is 0 Å². The average molecular weight is 385 g/mol. The first kappa shape index (κ1) is 18.1. The number of rotatable bonds is 6. The molecule has 1 saturated heterocycles. The Morgan fingerprint density at radius 2 is 1.93 bits per heavy atom. The van der Waals surface area contributed by atoms with Crippen LogP contribution in [0.15, 0.2) is 30.3 Å². The third-order valence-electron chi connectivity index (χ3n) is 5.46. The number of nitrogens with zero attached hydrogens (tertiary/aromatic N) is 3. The Kier molecular flexibility index (Phi) is 5.48. The van der Waals surface area contributed by atoms with E-state index in [2.05, 4.69) is 27.6 Å². The molecule has 2 fully saturated rings. The smallest absolute Gasteiger partial charge is 0.231 e. The molecule has 6 nitrogen and oxygen atoms in total. The van der Waals surface area contributed by atoms with Crippen molar-refractivity contribution in [1.29, 1.82) is 0 Å². The molecule has 1 aliphatic carbocycles. The quantitative estimate of drug-likeness (QED) is 0.831. The van der Waals surface area contributed by atoms with Crippen molar-refractivity contribution in [3.05, 3.63) is 40.9 Å². The number of carbonyl (C=O) groups is 2. The van der Waals surface area contributed by atoms with Crippen LogP contribution in [0, 0.1) is 5.92 Å². The number of anilines is 1. The first-order valence-corrected chi connectivity index (χ1v) is 10.5.